The topological polar surface area (TPSA) is 58.1 Å². The first kappa shape index (κ1) is 17.1. The van der Waals surface area contributed by atoms with Crippen molar-refractivity contribution in [2.24, 2.45) is 0 Å². The van der Waals surface area contributed by atoms with Crippen LogP contribution in [0.25, 0.3) is 0 Å². The van der Waals surface area contributed by atoms with Crippen LogP contribution in [-0.2, 0) is 0 Å². The average Bonchev–Trinajstić information content (AvgIpc) is 2.66. The number of carbonyl (C=O) groups excluding carboxylic acids is 1. The van der Waals surface area contributed by atoms with Gasteiger partial charge in [-0.15, -0.1) is 0 Å². The molecule has 3 rings (SSSR count). The Labute approximate surface area is 154 Å². The highest BCUT2D eigenvalue weighted by Gasteiger charge is 2.12. The van der Waals surface area contributed by atoms with E-state index in [4.69, 9.17) is 0 Å². The Morgan fingerprint density at radius 3 is 2.28 bits per heavy atom. The molecule has 6 heteroatoms. The van der Waals surface area contributed by atoms with E-state index in [1.165, 1.54) is 0 Å². The molecule has 0 fully saturated rings. The van der Waals surface area contributed by atoms with Crippen molar-refractivity contribution in [2.75, 3.05) is 16.8 Å². The van der Waals surface area contributed by atoms with Crippen LogP contribution in [0.3, 0.4) is 0 Å². The summed E-state index contributed by atoms with van der Waals surface area (Å²) in [6.45, 7) is 2.76. The zero-order chi connectivity index (χ0) is 17.6. The van der Waals surface area contributed by atoms with Gasteiger partial charge in [0.15, 0.2) is 0 Å². The summed E-state index contributed by atoms with van der Waals surface area (Å²) < 4.78 is 0.957. The Morgan fingerprint density at radius 1 is 1.04 bits per heavy atom. The monoisotopic (exact) mass is 396 g/mol. The molecule has 0 radical (unpaired) electrons. The first-order valence-electron chi connectivity index (χ1n) is 7.89. The summed E-state index contributed by atoms with van der Waals surface area (Å²) in [7, 11) is 0. The largest absolute Gasteiger partial charge is 0.322 e. The van der Waals surface area contributed by atoms with Crippen molar-refractivity contribution >= 4 is 39.2 Å². The molecule has 0 saturated carbocycles. The van der Waals surface area contributed by atoms with Gasteiger partial charge in [0.2, 0.25) is 5.95 Å². The molecule has 0 aliphatic rings. The minimum atomic E-state index is -0.239. The third-order valence-electron chi connectivity index (χ3n) is 3.63. The van der Waals surface area contributed by atoms with Gasteiger partial charge in [0, 0.05) is 34.8 Å². The summed E-state index contributed by atoms with van der Waals surface area (Å²) in [4.78, 5) is 23.0. The first-order valence-corrected chi connectivity index (χ1v) is 8.68. The van der Waals surface area contributed by atoms with Gasteiger partial charge < -0.3 is 10.2 Å². The maximum atomic E-state index is 12.3. The van der Waals surface area contributed by atoms with Crippen LogP contribution in [0.2, 0.25) is 0 Å². The van der Waals surface area contributed by atoms with E-state index in [1.54, 1.807) is 12.4 Å². The molecule has 5 nitrogen and oxygen atoms in total. The van der Waals surface area contributed by atoms with Gasteiger partial charge in [-0.2, -0.15) is 0 Å². The van der Waals surface area contributed by atoms with E-state index in [0.29, 0.717) is 11.5 Å². The molecular weight excluding hydrogens is 380 g/mol. The summed E-state index contributed by atoms with van der Waals surface area (Å²) in [5.41, 5.74) is 2.14. The van der Waals surface area contributed by atoms with Crippen LogP contribution >= 0.6 is 15.9 Å². The molecule has 0 atom stereocenters. The van der Waals surface area contributed by atoms with Crippen molar-refractivity contribution in [1.29, 1.82) is 0 Å². The summed E-state index contributed by atoms with van der Waals surface area (Å²) in [5.74, 6) is 0.325. The summed E-state index contributed by atoms with van der Waals surface area (Å²) in [6.07, 6.45) is 3.09. The summed E-state index contributed by atoms with van der Waals surface area (Å²) in [5, 5.41) is 2.83. The highest BCUT2D eigenvalue weighted by molar-refractivity contribution is 9.10. The number of carbonyl (C=O) groups is 1. The molecule has 2 aromatic carbocycles. The van der Waals surface area contributed by atoms with Gasteiger partial charge in [0.05, 0.1) is 5.56 Å². The number of rotatable bonds is 5. The number of benzene rings is 2. The molecule has 1 aromatic heterocycles. The highest BCUT2D eigenvalue weighted by atomic mass is 79.9. The average molecular weight is 397 g/mol. The van der Waals surface area contributed by atoms with Crippen molar-refractivity contribution < 1.29 is 4.79 Å². The van der Waals surface area contributed by atoms with Crippen molar-refractivity contribution in [3.05, 3.63) is 77.0 Å². The van der Waals surface area contributed by atoms with Gasteiger partial charge in [0.25, 0.3) is 5.91 Å². The third kappa shape index (κ3) is 4.22. The van der Waals surface area contributed by atoms with Gasteiger partial charge in [-0.3, -0.25) is 4.79 Å². The lowest BCUT2D eigenvalue weighted by Gasteiger charge is -2.20. The van der Waals surface area contributed by atoms with E-state index in [9.17, 15) is 4.79 Å². The lowest BCUT2D eigenvalue weighted by atomic mass is 10.2. The molecule has 0 aliphatic heterocycles. The van der Waals surface area contributed by atoms with Gasteiger partial charge in [-0.05, 0) is 43.3 Å². The minimum Gasteiger partial charge on any atom is -0.322 e. The number of amides is 1. The first-order chi connectivity index (χ1) is 12.2. The second-order valence-corrected chi connectivity index (χ2v) is 6.23. The molecule has 1 N–H and O–H groups in total. The fraction of sp³-hybridized carbons (Fsp3) is 0.105. The lowest BCUT2D eigenvalue weighted by molar-refractivity contribution is 0.102. The fourth-order valence-electron chi connectivity index (χ4n) is 2.36. The van der Waals surface area contributed by atoms with Crippen LogP contribution < -0.4 is 10.2 Å². The molecule has 126 valence electrons. The normalized spacial score (nSPS) is 10.3. The van der Waals surface area contributed by atoms with Gasteiger partial charge in [0.1, 0.15) is 0 Å². The third-order valence-corrected chi connectivity index (χ3v) is 4.16. The molecule has 1 heterocycles. The Balaban J connectivity index is 1.75. The van der Waals surface area contributed by atoms with Gasteiger partial charge in [-0.25, -0.2) is 9.97 Å². The second-order valence-electron chi connectivity index (χ2n) is 5.31. The van der Waals surface area contributed by atoms with E-state index in [2.05, 4.69) is 31.2 Å². The van der Waals surface area contributed by atoms with E-state index in [-0.39, 0.29) is 5.91 Å². The molecule has 0 unspecified atom stereocenters. The number of hydrogen-bond acceptors (Lipinski definition) is 4. The van der Waals surface area contributed by atoms with Crippen molar-refractivity contribution in [3.63, 3.8) is 0 Å². The standard InChI is InChI=1S/C19H17BrN4O/c1-2-24(17-6-4-3-5-7-17)19-21-12-14(13-22-19)18(25)23-16-10-8-15(20)9-11-16/h3-13H,2H2,1H3,(H,23,25). The SMILES string of the molecule is CCN(c1ccccc1)c1ncc(C(=O)Nc2ccc(Br)cc2)cn1. The van der Waals surface area contributed by atoms with Gasteiger partial charge >= 0.3 is 0 Å². The fourth-order valence-corrected chi connectivity index (χ4v) is 2.63. The Hall–Kier alpha value is -2.73. The number of para-hydroxylation sites is 1. The van der Waals surface area contributed by atoms with Gasteiger partial charge in [-0.1, -0.05) is 34.1 Å². The molecule has 25 heavy (non-hydrogen) atoms. The van der Waals surface area contributed by atoms with Crippen molar-refractivity contribution in [2.45, 2.75) is 6.92 Å². The van der Waals surface area contributed by atoms with Crippen LogP contribution in [0.1, 0.15) is 17.3 Å². The number of anilines is 3. The number of halogens is 1. The molecular formula is C19H17BrN4O. The van der Waals surface area contributed by atoms with Crippen LogP contribution in [0.15, 0.2) is 71.5 Å². The van der Waals surface area contributed by atoms with Crippen LogP contribution in [0.4, 0.5) is 17.3 Å². The Morgan fingerprint density at radius 2 is 1.68 bits per heavy atom. The Kier molecular flexibility index (Phi) is 5.40. The van der Waals surface area contributed by atoms with Crippen LogP contribution in [-0.4, -0.2) is 22.4 Å². The lowest BCUT2D eigenvalue weighted by Crippen LogP contribution is -2.19. The zero-order valence-corrected chi connectivity index (χ0v) is 15.3. The molecule has 3 aromatic rings. The molecule has 1 amide bonds. The smallest absolute Gasteiger partial charge is 0.258 e. The number of aromatic nitrogens is 2. The Bertz CT molecular complexity index is 836. The molecule has 0 aliphatic carbocycles. The van der Waals surface area contributed by atoms with E-state index in [1.807, 2.05) is 66.4 Å². The predicted molar refractivity (Wildman–Crippen MR) is 103 cm³/mol. The number of hydrogen-bond donors (Lipinski definition) is 1. The molecule has 0 saturated heterocycles. The number of nitrogens with one attached hydrogen (secondary N) is 1. The van der Waals surface area contributed by atoms with Crippen molar-refractivity contribution in [1.82, 2.24) is 9.97 Å². The van der Waals surface area contributed by atoms with Crippen molar-refractivity contribution in [3.8, 4) is 0 Å². The van der Waals surface area contributed by atoms with E-state index < -0.39 is 0 Å². The minimum absolute atomic E-state index is 0.239. The van der Waals surface area contributed by atoms with Crippen LogP contribution in [0, 0.1) is 0 Å². The second kappa shape index (κ2) is 7.90. The quantitative estimate of drug-likeness (QED) is 0.681. The molecule has 0 spiro atoms. The van der Waals surface area contributed by atoms with E-state index >= 15 is 0 Å². The highest BCUT2D eigenvalue weighted by Crippen LogP contribution is 2.21. The van der Waals surface area contributed by atoms with Crippen LogP contribution in [0.5, 0.6) is 0 Å². The van der Waals surface area contributed by atoms with E-state index in [0.717, 1.165) is 22.4 Å². The molecule has 0 bridgehead atoms. The maximum Gasteiger partial charge on any atom is 0.258 e. The predicted octanol–water partition coefficient (Wildman–Crippen LogP) is 4.65. The zero-order valence-electron chi connectivity index (χ0n) is 13.7. The number of nitrogens with zero attached hydrogens (tertiary/aromatic N) is 3. The maximum absolute atomic E-state index is 12.3. The summed E-state index contributed by atoms with van der Waals surface area (Å²) >= 11 is 3.37. The summed E-state index contributed by atoms with van der Waals surface area (Å²) in [6, 6.07) is 17.3.